The lowest BCUT2D eigenvalue weighted by molar-refractivity contribution is 0.0526. The largest absolute Gasteiger partial charge is 0.462 e. The van der Waals surface area contributed by atoms with Crippen LogP contribution in [0.3, 0.4) is 0 Å². The normalized spacial score (nSPS) is 16.3. The molecule has 1 heterocycles. The third kappa shape index (κ3) is 4.35. The maximum atomic E-state index is 11.5. The number of carbonyl (C=O) groups is 1. The van der Waals surface area contributed by atoms with Gasteiger partial charge in [0.25, 0.3) is 0 Å². The lowest BCUT2D eigenvalue weighted by Gasteiger charge is -2.22. The summed E-state index contributed by atoms with van der Waals surface area (Å²) in [5, 5.41) is 3.39. The van der Waals surface area contributed by atoms with Gasteiger partial charge in [0.1, 0.15) is 0 Å². The fourth-order valence-electron chi connectivity index (χ4n) is 2.56. The standard InChI is InChI=1S/C16H23NO2/c1-2-19-16(18)15-7-5-13(6-8-15)3-4-14-9-11-17-12-10-14/h5-8,14,17H,2-4,9-12H2,1H3. The van der Waals surface area contributed by atoms with Gasteiger partial charge in [-0.3, -0.25) is 0 Å². The van der Waals surface area contributed by atoms with Crippen molar-refractivity contribution in [1.82, 2.24) is 5.32 Å². The maximum absolute atomic E-state index is 11.5. The second kappa shape index (κ2) is 7.29. The zero-order valence-corrected chi connectivity index (χ0v) is 11.7. The Balaban J connectivity index is 1.82. The van der Waals surface area contributed by atoms with Crippen molar-refractivity contribution in [1.29, 1.82) is 0 Å². The molecule has 0 aromatic heterocycles. The molecule has 19 heavy (non-hydrogen) atoms. The number of rotatable bonds is 5. The van der Waals surface area contributed by atoms with Gasteiger partial charge < -0.3 is 10.1 Å². The molecule has 104 valence electrons. The third-order valence-electron chi connectivity index (χ3n) is 3.77. The summed E-state index contributed by atoms with van der Waals surface area (Å²) in [4.78, 5) is 11.5. The molecule has 0 amide bonds. The topological polar surface area (TPSA) is 38.3 Å². The highest BCUT2D eigenvalue weighted by Gasteiger charge is 2.13. The summed E-state index contributed by atoms with van der Waals surface area (Å²) >= 11 is 0. The van der Waals surface area contributed by atoms with Crippen LogP contribution in [0.15, 0.2) is 24.3 Å². The predicted molar refractivity (Wildman–Crippen MR) is 76.3 cm³/mol. The van der Waals surface area contributed by atoms with Crippen LogP contribution in [0.5, 0.6) is 0 Å². The second-order valence-corrected chi connectivity index (χ2v) is 5.15. The zero-order chi connectivity index (χ0) is 13.5. The van der Waals surface area contributed by atoms with Crippen LogP contribution in [0, 0.1) is 5.92 Å². The SMILES string of the molecule is CCOC(=O)c1ccc(CCC2CCNCC2)cc1. The Bertz CT molecular complexity index is 394. The van der Waals surface area contributed by atoms with Crippen molar-refractivity contribution in [2.24, 2.45) is 5.92 Å². The van der Waals surface area contributed by atoms with E-state index in [1.807, 2.05) is 31.2 Å². The number of ether oxygens (including phenoxy) is 1. The summed E-state index contributed by atoms with van der Waals surface area (Å²) in [5.74, 6) is 0.624. The highest BCUT2D eigenvalue weighted by atomic mass is 16.5. The van der Waals surface area contributed by atoms with Crippen LogP contribution in [-0.4, -0.2) is 25.7 Å². The van der Waals surface area contributed by atoms with Gasteiger partial charge in [-0.2, -0.15) is 0 Å². The molecule has 3 heteroatoms. The van der Waals surface area contributed by atoms with Gasteiger partial charge in [0.05, 0.1) is 12.2 Å². The highest BCUT2D eigenvalue weighted by Crippen LogP contribution is 2.19. The molecule has 1 aliphatic heterocycles. The Kier molecular flexibility index (Phi) is 5.40. The van der Waals surface area contributed by atoms with Crippen LogP contribution >= 0.6 is 0 Å². The monoisotopic (exact) mass is 261 g/mol. The van der Waals surface area contributed by atoms with Crippen molar-refractivity contribution in [3.8, 4) is 0 Å². The number of hydrogen-bond acceptors (Lipinski definition) is 3. The van der Waals surface area contributed by atoms with E-state index in [9.17, 15) is 4.79 Å². The molecule has 1 fully saturated rings. The number of piperidine rings is 1. The fraction of sp³-hybridized carbons (Fsp3) is 0.562. The number of esters is 1. The van der Waals surface area contributed by atoms with Gasteiger partial charge in [0.15, 0.2) is 0 Å². The minimum Gasteiger partial charge on any atom is -0.462 e. The Morgan fingerprint density at radius 3 is 2.58 bits per heavy atom. The molecule has 0 aliphatic carbocycles. The van der Waals surface area contributed by atoms with E-state index in [4.69, 9.17) is 4.74 Å². The zero-order valence-electron chi connectivity index (χ0n) is 11.7. The van der Waals surface area contributed by atoms with Gasteiger partial charge in [-0.25, -0.2) is 4.79 Å². The molecule has 1 saturated heterocycles. The van der Waals surface area contributed by atoms with Crippen LogP contribution in [0.1, 0.15) is 42.1 Å². The second-order valence-electron chi connectivity index (χ2n) is 5.15. The maximum Gasteiger partial charge on any atom is 0.338 e. The summed E-state index contributed by atoms with van der Waals surface area (Å²) in [6, 6.07) is 7.84. The fourth-order valence-corrected chi connectivity index (χ4v) is 2.56. The van der Waals surface area contributed by atoms with E-state index < -0.39 is 0 Å². The van der Waals surface area contributed by atoms with Crippen molar-refractivity contribution in [2.75, 3.05) is 19.7 Å². The van der Waals surface area contributed by atoms with Gasteiger partial charge in [-0.1, -0.05) is 12.1 Å². The van der Waals surface area contributed by atoms with E-state index in [2.05, 4.69) is 5.32 Å². The van der Waals surface area contributed by atoms with E-state index in [0.717, 1.165) is 25.4 Å². The molecule has 0 unspecified atom stereocenters. The van der Waals surface area contributed by atoms with E-state index in [1.165, 1.54) is 24.8 Å². The third-order valence-corrected chi connectivity index (χ3v) is 3.77. The summed E-state index contributed by atoms with van der Waals surface area (Å²) < 4.78 is 4.98. The van der Waals surface area contributed by atoms with Gasteiger partial charge in [0, 0.05) is 0 Å². The average Bonchev–Trinajstić information content (AvgIpc) is 2.47. The molecular weight excluding hydrogens is 238 g/mol. The van der Waals surface area contributed by atoms with Crippen molar-refractivity contribution in [3.05, 3.63) is 35.4 Å². The Morgan fingerprint density at radius 1 is 1.26 bits per heavy atom. The van der Waals surface area contributed by atoms with Crippen molar-refractivity contribution in [3.63, 3.8) is 0 Å². The summed E-state index contributed by atoms with van der Waals surface area (Å²) in [7, 11) is 0. The van der Waals surface area contributed by atoms with Crippen molar-refractivity contribution < 1.29 is 9.53 Å². The number of hydrogen-bond donors (Lipinski definition) is 1. The van der Waals surface area contributed by atoms with Gasteiger partial charge >= 0.3 is 5.97 Å². The van der Waals surface area contributed by atoms with Gasteiger partial charge in [0.2, 0.25) is 0 Å². The first-order valence-corrected chi connectivity index (χ1v) is 7.26. The molecule has 0 radical (unpaired) electrons. The molecule has 1 aliphatic rings. The first-order valence-electron chi connectivity index (χ1n) is 7.26. The van der Waals surface area contributed by atoms with E-state index in [0.29, 0.717) is 12.2 Å². The number of benzene rings is 1. The molecule has 1 aromatic rings. The average molecular weight is 261 g/mol. The highest BCUT2D eigenvalue weighted by molar-refractivity contribution is 5.89. The quantitative estimate of drug-likeness (QED) is 0.828. The van der Waals surface area contributed by atoms with E-state index >= 15 is 0 Å². The first kappa shape index (κ1) is 14.1. The Hall–Kier alpha value is -1.35. The molecule has 2 rings (SSSR count). The minimum absolute atomic E-state index is 0.229. The molecule has 0 bridgehead atoms. The molecule has 0 atom stereocenters. The summed E-state index contributed by atoms with van der Waals surface area (Å²) in [6.45, 7) is 4.57. The van der Waals surface area contributed by atoms with Gasteiger partial charge in [-0.15, -0.1) is 0 Å². The van der Waals surface area contributed by atoms with Crippen LogP contribution in [0.2, 0.25) is 0 Å². The minimum atomic E-state index is -0.229. The summed E-state index contributed by atoms with van der Waals surface area (Å²) in [6.07, 6.45) is 4.94. The van der Waals surface area contributed by atoms with Crippen LogP contribution in [0.4, 0.5) is 0 Å². The number of aryl methyl sites for hydroxylation is 1. The van der Waals surface area contributed by atoms with Crippen LogP contribution in [0.25, 0.3) is 0 Å². The van der Waals surface area contributed by atoms with Crippen molar-refractivity contribution >= 4 is 5.97 Å². The predicted octanol–water partition coefficient (Wildman–Crippen LogP) is 2.80. The van der Waals surface area contributed by atoms with Crippen LogP contribution < -0.4 is 5.32 Å². The lowest BCUT2D eigenvalue weighted by atomic mass is 9.91. The molecule has 0 spiro atoms. The van der Waals surface area contributed by atoms with Crippen LogP contribution in [-0.2, 0) is 11.2 Å². The molecular formula is C16H23NO2. The lowest BCUT2D eigenvalue weighted by Crippen LogP contribution is -2.27. The molecule has 1 aromatic carbocycles. The number of carbonyl (C=O) groups excluding carboxylic acids is 1. The number of nitrogens with one attached hydrogen (secondary N) is 1. The molecule has 0 saturated carbocycles. The molecule has 1 N–H and O–H groups in total. The summed E-state index contributed by atoms with van der Waals surface area (Å²) in [5.41, 5.74) is 1.96. The van der Waals surface area contributed by atoms with E-state index in [-0.39, 0.29) is 5.97 Å². The van der Waals surface area contributed by atoms with Gasteiger partial charge in [-0.05, 0) is 69.3 Å². The molecule has 3 nitrogen and oxygen atoms in total. The smallest absolute Gasteiger partial charge is 0.338 e. The van der Waals surface area contributed by atoms with E-state index in [1.54, 1.807) is 0 Å². The Morgan fingerprint density at radius 2 is 1.95 bits per heavy atom. The first-order chi connectivity index (χ1) is 9.29. The van der Waals surface area contributed by atoms with Crippen molar-refractivity contribution in [2.45, 2.75) is 32.6 Å². The Labute approximate surface area is 115 Å².